The van der Waals surface area contributed by atoms with Gasteiger partial charge < -0.3 is 9.80 Å². The van der Waals surface area contributed by atoms with E-state index in [1.165, 1.54) is 11.0 Å². The molecule has 0 N–H and O–H groups in total. The third-order valence-electron chi connectivity index (χ3n) is 4.72. The summed E-state index contributed by atoms with van der Waals surface area (Å²) in [7, 11) is 0. The quantitative estimate of drug-likeness (QED) is 0.667. The van der Waals surface area contributed by atoms with Gasteiger partial charge in [0.1, 0.15) is 11.6 Å². The van der Waals surface area contributed by atoms with E-state index in [0.29, 0.717) is 24.4 Å². The van der Waals surface area contributed by atoms with Gasteiger partial charge in [0, 0.05) is 44.4 Å². The Morgan fingerprint density at radius 2 is 1.57 bits per heavy atom. The van der Waals surface area contributed by atoms with E-state index in [9.17, 15) is 35.5 Å². The first-order valence-corrected chi connectivity index (χ1v) is 8.87. The molecule has 1 aliphatic heterocycles. The van der Waals surface area contributed by atoms with Crippen molar-refractivity contribution in [3.63, 3.8) is 0 Å². The summed E-state index contributed by atoms with van der Waals surface area (Å²) in [4.78, 5) is 19.0. The lowest BCUT2D eigenvalue weighted by molar-refractivity contribution is -0.138. The van der Waals surface area contributed by atoms with Gasteiger partial charge in [0.05, 0.1) is 11.1 Å². The van der Waals surface area contributed by atoms with Crippen molar-refractivity contribution >= 4 is 11.7 Å². The maximum Gasteiger partial charge on any atom is 0.417 e. The molecule has 0 bridgehead atoms. The van der Waals surface area contributed by atoms with E-state index in [0.717, 1.165) is 6.07 Å². The Balaban J connectivity index is 1.73. The zero-order valence-corrected chi connectivity index (χ0v) is 15.4. The topological polar surface area (TPSA) is 36.4 Å². The van der Waals surface area contributed by atoms with Crippen molar-refractivity contribution in [2.24, 2.45) is 0 Å². The number of hydrogen-bond acceptors (Lipinski definition) is 3. The molecular formula is C19H16F7N3O. The molecule has 0 spiro atoms. The number of benzene rings is 1. The Kier molecular flexibility index (Phi) is 5.91. The fourth-order valence-electron chi connectivity index (χ4n) is 3.08. The number of rotatable bonds is 3. The summed E-state index contributed by atoms with van der Waals surface area (Å²) in [5, 5.41) is 0. The summed E-state index contributed by atoms with van der Waals surface area (Å²) in [5.41, 5.74) is -2.19. The number of amides is 1. The van der Waals surface area contributed by atoms with Crippen LogP contribution in [0.2, 0.25) is 0 Å². The van der Waals surface area contributed by atoms with Crippen molar-refractivity contribution in [3.05, 3.63) is 59.0 Å². The average molecular weight is 435 g/mol. The van der Waals surface area contributed by atoms with Gasteiger partial charge in [0.25, 0.3) is 0 Å². The summed E-state index contributed by atoms with van der Waals surface area (Å²) >= 11 is 0. The number of carbonyl (C=O) groups is 1. The van der Waals surface area contributed by atoms with Crippen LogP contribution in [0.4, 0.5) is 36.6 Å². The standard InChI is InChI=1S/C19H16F7N3O/c20-15-3-1-13(18(21,22)23)9-12(15)11-29-8-7-28(6-5-17(29)30)16-4-2-14(10-27-16)19(24,25)26/h1-4,9-10H,5-8,11H2. The van der Waals surface area contributed by atoms with E-state index in [-0.39, 0.29) is 44.0 Å². The highest BCUT2D eigenvalue weighted by Crippen LogP contribution is 2.31. The first kappa shape index (κ1) is 21.8. The molecule has 30 heavy (non-hydrogen) atoms. The lowest BCUT2D eigenvalue weighted by Crippen LogP contribution is -2.33. The molecule has 4 nitrogen and oxygen atoms in total. The van der Waals surface area contributed by atoms with Crippen LogP contribution >= 0.6 is 0 Å². The van der Waals surface area contributed by atoms with Crippen molar-refractivity contribution in [1.82, 2.24) is 9.88 Å². The number of carbonyl (C=O) groups excluding carboxylic acids is 1. The summed E-state index contributed by atoms with van der Waals surface area (Å²) in [6.07, 6.45) is -8.51. The summed E-state index contributed by atoms with van der Waals surface area (Å²) in [5.74, 6) is -1.02. The third-order valence-corrected chi connectivity index (χ3v) is 4.72. The van der Waals surface area contributed by atoms with E-state index in [1.54, 1.807) is 4.90 Å². The second-order valence-electron chi connectivity index (χ2n) is 6.76. The molecule has 2 aromatic rings. The Morgan fingerprint density at radius 3 is 2.17 bits per heavy atom. The molecule has 162 valence electrons. The predicted molar refractivity (Wildman–Crippen MR) is 92.9 cm³/mol. The lowest BCUT2D eigenvalue weighted by atomic mass is 10.1. The average Bonchev–Trinajstić information content (AvgIpc) is 2.84. The summed E-state index contributed by atoms with van der Waals surface area (Å²) in [6, 6.07) is 4.07. The van der Waals surface area contributed by atoms with Crippen LogP contribution in [0, 0.1) is 5.82 Å². The molecule has 0 aliphatic carbocycles. The second kappa shape index (κ2) is 8.11. The summed E-state index contributed by atoms with van der Waals surface area (Å²) < 4.78 is 90.6. The largest absolute Gasteiger partial charge is 0.417 e. The van der Waals surface area contributed by atoms with Crippen LogP contribution in [0.25, 0.3) is 0 Å². The molecule has 0 atom stereocenters. The lowest BCUT2D eigenvalue weighted by Gasteiger charge is -2.23. The molecule has 0 saturated carbocycles. The van der Waals surface area contributed by atoms with Gasteiger partial charge in [-0.15, -0.1) is 0 Å². The Bertz CT molecular complexity index is 910. The first-order chi connectivity index (χ1) is 13.9. The Hall–Kier alpha value is -2.85. The molecule has 0 unspecified atom stereocenters. The number of halogens is 7. The van der Waals surface area contributed by atoms with E-state index in [1.807, 2.05) is 0 Å². The van der Waals surface area contributed by atoms with Crippen LogP contribution in [0.3, 0.4) is 0 Å². The van der Waals surface area contributed by atoms with Crippen LogP contribution in [-0.4, -0.2) is 35.4 Å². The molecule has 1 aromatic heterocycles. The van der Waals surface area contributed by atoms with E-state index in [4.69, 9.17) is 0 Å². The molecule has 2 heterocycles. The monoisotopic (exact) mass is 435 g/mol. The van der Waals surface area contributed by atoms with Crippen LogP contribution in [0.1, 0.15) is 23.1 Å². The molecule has 11 heteroatoms. The molecule has 1 fully saturated rings. The van der Waals surface area contributed by atoms with Crippen molar-refractivity contribution < 1.29 is 35.5 Å². The van der Waals surface area contributed by atoms with Crippen molar-refractivity contribution in [1.29, 1.82) is 0 Å². The number of pyridine rings is 1. The van der Waals surface area contributed by atoms with Crippen molar-refractivity contribution in [3.8, 4) is 0 Å². The Morgan fingerprint density at radius 1 is 0.900 bits per heavy atom. The van der Waals surface area contributed by atoms with Gasteiger partial charge in [-0.25, -0.2) is 9.37 Å². The molecule has 1 aliphatic rings. The number of hydrogen-bond donors (Lipinski definition) is 0. The molecule has 1 saturated heterocycles. The highest BCUT2D eigenvalue weighted by molar-refractivity contribution is 5.77. The molecule has 0 radical (unpaired) electrons. The number of alkyl halides is 6. The van der Waals surface area contributed by atoms with Crippen LogP contribution in [0.5, 0.6) is 0 Å². The second-order valence-corrected chi connectivity index (χ2v) is 6.76. The number of nitrogens with zero attached hydrogens (tertiary/aromatic N) is 3. The van der Waals surface area contributed by atoms with Crippen molar-refractivity contribution in [2.75, 3.05) is 24.5 Å². The fourth-order valence-corrected chi connectivity index (χ4v) is 3.08. The van der Waals surface area contributed by atoms with Gasteiger partial charge in [0.2, 0.25) is 5.91 Å². The SMILES string of the molecule is O=C1CCN(c2ccc(C(F)(F)F)cn2)CCN1Cc1cc(C(F)(F)F)ccc1F. The zero-order chi connectivity index (χ0) is 22.1. The maximum atomic E-state index is 14.0. The first-order valence-electron chi connectivity index (χ1n) is 8.87. The van der Waals surface area contributed by atoms with Gasteiger partial charge in [-0.2, -0.15) is 26.3 Å². The zero-order valence-electron chi connectivity index (χ0n) is 15.4. The van der Waals surface area contributed by atoms with Crippen LogP contribution in [-0.2, 0) is 23.7 Å². The normalized spacial score (nSPS) is 16.0. The molecular weight excluding hydrogens is 419 g/mol. The van der Waals surface area contributed by atoms with Crippen LogP contribution < -0.4 is 4.90 Å². The van der Waals surface area contributed by atoms with Gasteiger partial charge in [-0.3, -0.25) is 4.79 Å². The van der Waals surface area contributed by atoms with Gasteiger partial charge >= 0.3 is 12.4 Å². The maximum absolute atomic E-state index is 14.0. The summed E-state index contributed by atoms with van der Waals surface area (Å²) in [6.45, 7) is 0.0591. The molecule has 3 rings (SSSR count). The number of anilines is 1. The van der Waals surface area contributed by atoms with Gasteiger partial charge in [-0.1, -0.05) is 0 Å². The highest BCUT2D eigenvalue weighted by atomic mass is 19.4. The van der Waals surface area contributed by atoms with E-state index in [2.05, 4.69) is 4.98 Å². The van der Waals surface area contributed by atoms with Crippen molar-refractivity contribution in [2.45, 2.75) is 25.3 Å². The molecule has 1 aromatic carbocycles. The van der Waals surface area contributed by atoms with Crippen LogP contribution in [0.15, 0.2) is 36.5 Å². The van der Waals surface area contributed by atoms with Gasteiger partial charge in [0.15, 0.2) is 0 Å². The minimum absolute atomic E-state index is 0.0384. The molecule has 1 amide bonds. The highest BCUT2D eigenvalue weighted by Gasteiger charge is 2.32. The number of aromatic nitrogens is 1. The fraction of sp³-hybridized carbons (Fsp3) is 0.368. The minimum atomic E-state index is -4.64. The third kappa shape index (κ3) is 5.00. The smallest absolute Gasteiger partial charge is 0.354 e. The minimum Gasteiger partial charge on any atom is -0.354 e. The Labute approximate surface area is 166 Å². The van der Waals surface area contributed by atoms with E-state index < -0.39 is 35.2 Å². The predicted octanol–water partition coefficient (Wildman–Crippen LogP) is 4.50. The van der Waals surface area contributed by atoms with E-state index >= 15 is 0 Å². The van der Waals surface area contributed by atoms with Gasteiger partial charge in [-0.05, 0) is 30.3 Å².